The summed E-state index contributed by atoms with van der Waals surface area (Å²) in [5.41, 5.74) is 2.84. The Morgan fingerprint density at radius 1 is 1.16 bits per heavy atom. The molecule has 1 fully saturated rings. The lowest BCUT2D eigenvalue weighted by Gasteiger charge is -2.27. The third-order valence-electron chi connectivity index (χ3n) is 3.68. The van der Waals surface area contributed by atoms with Gasteiger partial charge in [0.2, 0.25) is 0 Å². The number of piperazine rings is 1. The number of hydrogen-bond donors (Lipinski definition) is 1. The van der Waals surface area contributed by atoms with Gasteiger partial charge in [0, 0.05) is 39.1 Å². The van der Waals surface area contributed by atoms with Gasteiger partial charge in [-0.15, -0.1) is 24.8 Å². The van der Waals surface area contributed by atoms with Crippen molar-refractivity contribution in [3.63, 3.8) is 0 Å². The molecule has 5 heteroatoms. The van der Waals surface area contributed by atoms with E-state index < -0.39 is 0 Å². The smallest absolute Gasteiger partial charge is 0.122 e. The van der Waals surface area contributed by atoms with Crippen LogP contribution in [0, 0.1) is 0 Å². The molecule has 1 N–H and O–H groups in total. The molecule has 19 heavy (non-hydrogen) atoms. The highest BCUT2D eigenvalue weighted by molar-refractivity contribution is 5.85. The molecular formula is C14H22Cl2N2O. The molecule has 0 unspecified atom stereocenters. The molecule has 3 rings (SSSR count). The zero-order valence-electron chi connectivity index (χ0n) is 11.1. The summed E-state index contributed by atoms with van der Waals surface area (Å²) < 4.78 is 5.53. The maximum atomic E-state index is 5.53. The molecule has 0 saturated carbocycles. The fourth-order valence-corrected chi connectivity index (χ4v) is 2.62. The zero-order chi connectivity index (χ0) is 11.5. The van der Waals surface area contributed by atoms with Crippen LogP contribution in [0.1, 0.15) is 11.1 Å². The maximum Gasteiger partial charge on any atom is 0.122 e. The van der Waals surface area contributed by atoms with Crippen molar-refractivity contribution >= 4 is 24.8 Å². The van der Waals surface area contributed by atoms with Crippen molar-refractivity contribution in [3.05, 3.63) is 29.3 Å². The first-order valence-electron chi connectivity index (χ1n) is 6.59. The lowest BCUT2D eigenvalue weighted by Crippen LogP contribution is -2.44. The van der Waals surface area contributed by atoms with Gasteiger partial charge in [-0.25, -0.2) is 0 Å². The fraction of sp³-hybridized carbons (Fsp3) is 0.571. The molecule has 0 atom stereocenters. The second kappa shape index (κ2) is 7.95. The minimum absolute atomic E-state index is 0. The fourth-order valence-electron chi connectivity index (χ4n) is 2.62. The van der Waals surface area contributed by atoms with E-state index in [-0.39, 0.29) is 24.8 Å². The number of halogens is 2. The Balaban J connectivity index is 0.000000902. The van der Waals surface area contributed by atoms with E-state index >= 15 is 0 Å². The largest absolute Gasteiger partial charge is 0.493 e. The number of ether oxygens (including phenoxy) is 1. The van der Waals surface area contributed by atoms with Crippen LogP contribution >= 0.6 is 24.8 Å². The van der Waals surface area contributed by atoms with E-state index in [0.29, 0.717) is 0 Å². The number of benzene rings is 1. The van der Waals surface area contributed by atoms with Crippen molar-refractivity contribution in [2.45, 2.75) is 12.8 Å². The highest BCUT2D eigenvalue weighted by Crippen LogP contribution is 2.26. The summed E-state index contributed by atoms with van der Waals surface area (Å²) >= 11 is 0. The van der Waals surface area contributed by atoms with Gasteiger partial charge in [0.15, 0.2) is 0 Å². The van der Waals surface area contributed by atoms with Crippen molar-refractivity contribution in [3.8, 4) is 5.75 Å². The molecule has 108 valence electrons. The molecule has 2 aliphatic rings. The summed E-state index contributed by atoms with van der Waals surface area (Å²) in [5, 5.41) is 3.39. The van der Waals surface area contributed by atoms with E-state index in [1.165, 1.54) is 30.8 Å². The van der Waals surface area contributed by atoms with Crippen molar-refractivity contribution in [2.75, 3.05) is 39.3 Å². The maximum absolute atomic E-state index is 5.53. The molecule has 2 heterocycles. The Kier molecular flexibility index (Phi) is 6.94. The van der Waals surface area contributed by atoms with Gasteiger partial charge < -0.3 is 15.0 Å². The van der Waals surface area contributed by atoms with E-state index in [0.717, 1.165) is 38.3 Å². The Bertz CT molecular complexity index is 395. The van der Waals surface area contributed by atoms with E-state index in [1.807, 2.05) is 0 Å². The van der Waals surface area contributed by atoms with Crippen LogP contribution < -0.4 is 10.1 Å². The minimum atomic E-state index is 0. The van der Waals surface area contributed by atoms with Crippen molar-refractivity contribution in [1.82, 2.24) is 10.2 Å². The van der Waals surface area contributed by atoms with Gasteiger partial charge in [0.25, 0.3) is 0 Å². The van der Waals surface area contributed by atoms with Gasteiger partial charge in [-0.1, -0.05) is 12.1 Å². The number of hydrogen-bond acceptors (Lipinski definition) is 3. The molecule has 2 aliphatic heterocycles. The molecular weight excluding hydrogens is 283 g/mol. The van der Waals surface area contributed by atoms with Crippen LogP contribution in [0.15, 0.2) is 18.2 Å². The summed E-state index contributed by atoms with van der Waals surface area (Å²) in [6.07, 6.45) is 2.24. The van der Waals surface area contributed by atoms with Crippen LogP contribution in [0.4, 0.5) is 0 Å². The average molecular weight is 305 g/mol. The predicted octanol–water partition coefficient (Wildman–Crippen LogP) is 1.91. The Hall–Kier alpha value is -0.480. The molecule has 1 aromatic rings. The average Bonchev–Trinajstić information content (AvgIpc) is 2.85. The quantitative estimate of drug-likeness (QED) is 0.923. The van der Waals surface area contributed by atoms with Crippen LogP contribution in [0.5, 0.6) is 5.75 Å². The summed E-state index contributed by atoms with van der Waals surface area (Å²) in [5.74, 6) is 1.09. The van der Waals surface area contributed by atoms with Crippen LogP contribution in [-0.4, -0.2) is 44.2 Å². The lowest BCUT2D eigenvalue weighted by atomic mass is 10.1. The summed E-state index contributed by atoms with van der Waals surface area (Å²) in [6.45, 7) is 6.69. The van der Waals surface area contributed by atoms with Gasteiger partial charge in [-0.3, -0.25) is 0 Å². The third-order valence-corrected chi connectivity index (χ3v) is 3.68. The van der Waals surface area contributed by atoms with E-state index in [2.05, 4.69) is 28.4 Å². The molecule has 0 radical (unpaired) electrons. The number of fused-ring (bicyclic) bond motifs is 1. The number of rotatable bonds is 3. The van der Waals surface area contributed by atoms with Crippen LogP contribution in [0.25, 0.3) is 0 Å². The Morgan fingerprint density at radius 2 is 1.95 bits per heavy atom. The second-order valence-electron chi connectivity index (χ2n) is 4.88. The van der Waals surface area contributed by atoms with Crippen molar-refractivity contribution < 1.29 is 4.74 Å². The second-order valence-corrected chi connectivity index (χ2v) is 4.88. The molecule has 0 bridgehead atoms. The first-order valence-corrected chi connectivity index (χ1v) is 6.59. The molecule has 0 spiro atoms. The van der Waals surface area contributed by atoms with Gasteiger partial charge in [-0.05, 0) is 23.6 Å². The van der Waals surface area contributed by atoms with Gasteiger partial charge >= 0.3 is 0 Å². The first-order chi connectivity index (χ1) is 8.42. The Morgan fingerprint density at radius 3 is 2.74 bits per heavy atom. The predicted molar refractivity (Wildman–Crippen MR) is 83.2 cm³/mol. The number of nitrogens with one attached hydrogen (secondary N) is 1. The van der Waals surface area contributed by atoms with E-state index in [1.54, 1.807) is 0 Å². The molecule has 3 nitrogen and oxygen atoms in total. The molecule has 0 amide bonds. The SMILES string of the molecule is Cl.Cl.c1cc2c(cc1CCN1CCNCC1)CCO2. The molecule has 1 saturated heterocycles. The van der Waals surface area contributed by atoms with Crippen LogP contribution in [0.2, 0.25) is 0 Å². The lowest BCUT2D eigenvalue weighted by molar-refractivity contribution is 0.244. The van der Waals surface area contributed by atoms with Crippen molar-refractivity contribution in [2.24, 2.45) is 0 Å². The van der Waals surface area contributed by atoms with Gasteiger partial charge in [0.1, 0.15) is 5.75 Å². The normalized spacial score (nSPS) is 17.9. The third kappa shape index (κ3) is 4.25. The van der Waals surface area contributed by atoms with E-state index in [4.69, 9.17) is 4.74 Å². The first kappa shape index (κ1) is 16.6. The van der Waals surface area contributed by atoms with Gasteiger partial charge in [0.05, 0.1) is 6.61 Å². The molecule has 1 aromatic carbocycles. The summed E-state index contributed by atoms with van der Waals surface area (Å²) in [7, 11) is 0. The standard InChI is InChI=1S/C14H20N2O.2ClH/c1-2-14-13(4-10-17-14)11-12(1)3-7-16-8-5-15-6-9-16;;/h1-2,11,15H,3-10H2;2*1H. The summed E-state index contributed by atoms with van der Waals surface area (Å²) in [4.78, 5) is 2.54. The molecule has 0 aromatic heterocycles. The van der Waals surface area contributed by atoms with Gasteiger partial charge in [-0.2, -0.15) is 0 Å². The monoisotopic (exact) mass is 304 g/mol. The highest BCUT2D eigenvalue weighted by atomic mass is 35.5. The molecule has 0 aliphatic carbocycles. The van der Waals surface area contributed by atoms with Crippen molar-refractivity contribution in [1.29, 1.82) is 0 Å². The van der Waals surface area contributed by atoms with Crippen LogP contribution in [-0.2, 0) is 12.8 Å². The Labute approximate surface area is 127 Å². The van der Waals surface area contributed by atoms with Crippen LogP contribution in [0.3, 0.4) is 0 Å². The topological polar surface area (TPSA) is 24.5 Å². The number of nitrogens with zero attached hydrogens (tertiary/aromatic N) is 1. The zero-order valence-corrected chi connectivity index (χ0v) is 12.7. The van der Waals surface area contributed by atoms with E-state index in [9.17, 15) is 0 Å². The minimum Gasteiger partial charge on any atom is -0.493 e. The summed E-state index contributed by atoms with van der Waals surface area (Å²) in [6, 6.07) is 6.67. The highest BCUT2D eigenvalue weighted by Gasteiger charge is 2.13.